The molecule has 1 amide bonds. The fourth-order valence-corrected chi connectivity index (χ4v) is 3.26. The van der Waals surface area contributed by atoms with E-state index in [4.69, 9.17) is 0 Å². The number of carbonyl (C=O) groups is 1. The van der Waals surface area contributed by atoms with E-state index in [1.165, 1.54) is 0 Å². The Morgan fingerprint density at radius 2 is 1.94 bits per heavy atom. The fourth-order valence-electron chi connectivity index (χ4n) is 3.26. The van der Waals surface area contributed by atoms with Crippen molar-refractivity contribution in [3.63, 3.8) is 0 Å². The van der Waals surface area contributed by atoms with Crippen LogP contribution in [-0.2, 0) is 4.79 Å². The smallest absolute Gasteiger partial charge is 0.243 e. The van der Waals surface area contributed by atoms with Crippen LogP contribution in [-0.4, -0.2) is 36.0 Å². The van der Waals surface area contributed by atoms with E-state index in [9.17, 15) is 10.1 Å². The Morgan fingerprint density at radius 1 is 1.31 bits per heavy atom. The first kappa shape index (κ1) is 10.1. The molecule has 16 heavy (non-hydrogen) atoms. The molecule has 2 atom stereocenters. The van der Waals surface area contributed by atoms with Gasteiger partial charge in [0.25, 0.3) is 0 Å². The van der Waals surface area contributed by atoms with Crippen molar-refractivity contribution in [1.82, 2.24) is 10.2 Å². The molecular formula is C12H17N3O. The highest BCUT2D eigenvalue weighted by molar-refractivity contribution is 5.87. The third kappa shape index (κ3) is 1.21. The molecule has 0 aromatic carbocycles. The minimum Gasteiger partial charge on any atom is -0.333 e. The Labute approximate surface area is 95.6 Å². The molecule has 1 aliphatic carbocycles. The summed E-state index contributed by atoms with van der Waals surface area (Å²) >= 11 is 0. The summed E-state index contributed by atoms with van der Waals surface area (Å²) in [5, 5.41) is 12.6. The summed E-state index contributed by atoms with van der Waals surface area (Å²) in [6.45, 7) is 1.81. The van der Waals surface area contributed by atoms with Gasteiger partial charge in [0.15, 0.2) is 0 Å². The van der Waals surface area contributed by atoms with Gasteiger partial charge in [0.05, 0.1) is 6.07 Å². The van der Waals surface area contributed by atoms with E-state index >= 15 is 0 Å². The number of nitrogens with zero attached hydrogens (tertiary/aromatic N) is 2. The van der Waals surface area contributed by atoms with Gasteiger partial charge in [-0.15, -0.1) is 0 Å². The largest absolute Gasteiger partial charge is 0.333 e. The molecule has 3 aliphatic rings. The van der Waals surface area contributed by atoms with Gasteiger partial charge in [0.2, 0.25) is 5.91 Å². The SMILES string of the molecule is N#CC1(C(=O)N2C3CCC2CNC3)CCC1. The van der Waals surface area contributed by atoms with Crippen molar-refractivity contribution in [1.29, 1.82) is 5.26 Å². The van der Waals surface area contributed by atoms with Gasteiger partial charge in [-0.2, -0.15) is 5.26 Å². The second kappa shape index (κ2) is 3.46. The van der Waals surface area contributed by atoms with Crippen LogP contribution in [0, 0.1) is 16.7 Å². The Bertz CT molecular complexity index is 340. The lowest BCUT2D eigenvalue weighted by Gasteiger charge is -2.43. The second-order valence-electron chi connectivity index (χ2n) is 5.30. The molecule has 2 unspecified atom stereocenters. The maximum absolute atomic E-state index is 12.5. The Morgan fingerprint density at radius 3 is 2.38 bits per heavy atom. The maximum atomic E-state index is 12.5. The van der Waals surface area contributed by atoms with Gasteiger partial charge in [-0.05, 0) is 32.1 Å². The van der Waals surface area contributed by atoms with Gasteiger partial charge in [0, 0.05) is 25.2 Å². The summed E-state index contributed by atoms with van der Waals surface area (Å²) in [6, 6.07) is 2.96. The van der Waals surface area contributed by atoms with Gasteiger partial charge in [-0.1, -0.05) is 0 Å². The molecule has 0 aromatic heterocycles. The van der Waals surface area contributed by atoms with Crippen molar-refractivity contribution in [3.05, 3.63) is 0 Å². The number of hydrogen-bond donors (Lipinski definition) is 1. The highest BCUT2D eigenvalue weighted by atomic mass is 16.2. The first-order valence-corrected chi connectivity index (χ1v) is 6.21. The molecule has 1 N–H and O–H groups in total. The molecule has 2 aliphatic heterocycles. The van der Waals surface area contributed by atoms with Crippen LogP contribution < -0.4 is 5.32 Å². The van der Waals surface area contributed by atoms with Gasteiger partial charge in [-0.25, -0.2) is 0 Å². The van der Waals surface area contributed by atoms with Gasteiger partial charge in [0.1, 0.15) is 5.41 Å². The maximum Gasteiger partial charge on any atom is 0.243 e. The predicted molar refractivity (Wildman–Crippen MR) is 58.4 cm³/mol. The van der Waals surface area contributed by atoms with E-state index in [1.807, 2.05) is 4.90 Å². The lowest BCUT2D eigenvalue weighted by Crippen LogP contribution is -2.59. The zero-order chi connectivity index (χ0) is 11.2. The Kier molecular flexibility index (Phi) is 2.18. The third-order valence-electron chi connectivity index (χ3n) is 4.44. The lowest BCUT2D eigenvalue weighted by atomic mass is 9.68. The monoisotopic (exact) mass is 219 g/mol. The zero-order valence-corrected chi connectivity index (χ0v) is 9.41. The summed E-state index contributed by atoms with van der Waals surface area (Å²) in [6.07, 6.45) is 4.77. The zero-order valence-electron chi connectivity index (χ0n) is 9.41. The standard InChI is InChI=1S/C12H17N3O/c13-8-12(4-1-5-12)11(16)15-9-2-3-10(15)7-14-6-9/h9-10,14H,1-7H2. The number of amides is 1. The van der Waals surface area contributed by atoms with E-state index in [2.05, 4.69) is 11.4 Å². The number of piperazine rings is 1. The van der Waals surface area contributed by atoms with E-state index in [-0.39, 0.29) is 5.91 Å². The highest BCUT2D eigenvalue weighted by Gasteiger charge is 2.51. The molecule has 1 saturated carbocycles. The highest BCUT2D eigenvalue weighted by Crippen LogP contribution is 2.44. The molecule has 3 fully saturated rings. The second-order valence-corrected chi connectivity index (χ2v) is 5.30. The lowest BCUT2D eigenvalue weighted by molar-refractivity contribution is -0.147. The molecule has 2 heterocycles. The van der Waals surface area contributed by atoms with Gasteiger partial charge < -0.3 is 10.2 Å². The quantitative estimate of drug-likeness (QED) is 0.704. The van der Waals surface area contributed by atoms with E-state index in [0.29, 0.717) is 12.1 Å². The molecule has 4 heteroatoms. The average molecular weight is 219 g/mol. The average Bonchev–Trinajstić information content (AvgIpc) is 2.48. The van der Waals surface area contributed by atoms with Crippen LogP contribution in [0.5, 0.6) is 0 Å². The number of nitrogens with one attached hydrogen (secondary N) is 1. The van der Waals surface area contributed by atoms with Crippen LogP contribution in [0.4, 0.5) is 0 Å². The topological polar surface area (TPSA) is 56.1 Å². The normalized spacial score (nSPS) is 35.3. The summed E-state index contributed by atoms with van der Waals surface area (Å²) < 4.78 is 0. The minimum absolute atomic E-state index is 0.121. The van der Waals surface area contributed by atoms with Crippen molar-refractivity contribution in [2.75, 3.05) is 13.1 Å². The molecule has 86 valence electrons. The Hall–Kier alpha value is -1.08. The van der Waals surface area contributed by atoms with Gasteiger partial charge >= 0.3 is 0 Å². The summed E-state index contributed by atoms with van der Waals surface area (Å²) in [5.41, 5.74) is -0.655. The summed E-state index contributed by atoms with van der Waals surface area (Å²) in [7, 11) is 0. The summed E-state index contributed by atoms with van der Waals surface area (Å²) in [4.78, 5) is 14.5. The predicted octanol–water partition coefficient (Wildman–Crippen LogP) is 0.643. The van der Waals surface area contributed by atoms with Crippen LogP contribution in [0.2, 0.25) is 0 Å². The first-order valence-electron chi connectivity index (χ1n) is 6.21. The number of rotatable bonds is 1. The van der Waals surface area contributed by atoms with Crippen molar-refractivity contribution < 1.29 is 4.79 Å². The number of carbonyl (C=O) groups excluding carboxylic acids is 1. The van der Waals surface area contributed by atoms with E-state index in [1.54, 1.807) is 0 Å². The van der Waals surface area contributed by atoms with E-state index < -0.39 is 5.41 Å². The van der Waals surface area contributed by atoms with Gasteiger partial charge in [-0.3, -0.25) is 4.79 Å². The summed E-state index contributed by atoms with van der Waals surface area (Å²) in [5.74, 6) is 0.121. The van der Waals surface area contributed by atoms with Crippen molar-refractivity contribution >= 4 is 5.91 Å². The van der Waals surface area contributed by atoms with E-state index in [0.717, 1.165) is 45.2 Å². The number of nitriles is 1. The number of fused-ring (bicyclic) bond motifs is 2. The Balaban J connectivity index is 1.83. The molecule has 0 radical (unpaired) electrons. The molecule has 2 saturated heterocycles. The minimum atomic E-state index is -0.655. The van der Waals surface area contributed by atoms with Crippen LogP contribution in [0.3, 0.4) is 0 Å². The van der Waals surface area contributed by atoms with Crippen molar-refractivity contribution in [2.45, 2.75) is 44.2 Å². The molecule has 0 aromatic rings. The molecule has 2 bridgehead atoms. The van der Waals surface area contributed by atoms with Crippen molar-refractivity contribution in [2.24, 2.45) is 5.41 Å². The first-order chi connectivity index (χ1) is 7.77. The molecule has 3 rings (SSSR count). The van der Waals surface area contributed by atoms with Crippen LogP contribution in [0.15, 0.2) is 0 Å². The van der Waals surface area contributed by atoms with Crippen LogP contribution in [0.25, 0.3) is 0 Å². The molecule has 0 spiro atoms. The third-order valence-corrected chi connectivity index (χ3v) is 4.44. The molecule has 4 nitrogen and oxygen atoms in total. The fraction of sp³-hybridized carbons (Fsp3) is 0.833. The number of hydrogen-bond acceptors (Lipinski definition) is 3. The van der Waals surface area contributed by atoms with Crippen LogP contribution in [0.1, 0.15) is 32.1 Å². The van der Waals surface area contributed by atoms with Crippen molar-refractivity contribution in [3.8, 4) is 6.07 Å². The van der Waals surface area contributed by atoms with Crippen LogP contribution >= 0.6 is 0 Å². The molecular weight excluding hydrogens is 202 g/mol.